The lowest BCUT2D eigenvalue weighted by Crippen LogP contribution is -2.68. The molecule has 0 radical (unpaired) electrons. The van der Waals surface area contributed by atoms with E-state index in [1.165, 1.54) is 70.7 Å². The van der Waals surface area contributed by atoms with Crippen LogP contribution in [0.2, 0.25) is 0 Å². The number of nitrogens with zero attached hydrogens (tertiary/aromatic N) is 2. The number of benzene rings is 10. The minimum Gasteiger partial charge on any atom is -0.311 e. The van der Waals surface area contributed by atoms with Crippen LogP contribution in [0, 0.1) is 0 Å². The average molecular weight is 899 g/mol. The van der Waals surface area contributed by atoms with Gasteiger partial charge in [0.15, 0.2) is 8.07 Å². The minimum absolute atomic E-state index is 1.06. The van der Waals surface area contributed by atoms with Crippen LogP contribution in [0.5, 0.6) is 0 Å². The van der Waals surface area contributed by atoms with Crippen molar-refractivity contribution in [1.29, 1.82) is 0 Å². The average Bonchev–Trinajstić information content (AvgIpc) is 3.76. The fraction of sp³-hybridized carbons (Fsp3) is 0.0303. The van der Waals surface area contributed by atoms with E-state index in [2.05, 4.69) is 289 Å². The summed E-state index contributed by atoms with van der Waals surface area (Å²) in [6.45, 7) is 0. The summed E-state index contributed by atoms with van der Waals surface area (Å²) in [6, 6.07) is 96.0. The van der Waals surface area contributed by atoms with Gasteiger partial charge in [0.2, 0.25) is 0 Å². The van der Waals surface area contributed by atoms with Gasteiger partial charge in [-0.2, -0.15) is 0 Å². The number of hydrogen-bond acceptors (Lipinski definition) is 1. The smallest absolute Gasteiger partial charge is 0.175 e. The molecular weight excluding hydrogens is 849 g/mol. The molecule has 2 nitrogen and oxygen atoms in total. The summed E-state index contributed by atoms with van der Waals surface area (Å²) in [5.74, 6) is 0. The van der Waals surface area contributed by atoms with E-state index >= 15 is 0 Å². The third kappa shape index (κ3) is 7.73. The topological polar surface area (TPSA) is 8.17 Å². The Balaban J connectivity index is 0.898. The van der Waals surface area contributed by atoms with E-state index in [1.54, 1.807) is 5.20 Å². The fourth-order valence-electron chi connectivity index (χ4n) is 10.8. The van der Waals surface area contributed by atoms with E-state index in [9.17, 15) is 0 Å². The van der Waals surface area contributed by atoms with E-state index in [4.69, 9.17) is 0 Å². The zero-order valence-corrected chi connectivity index (χ0v) is 39.4. The van der Waals surface area contributed by atoms with Crippen LogP contribution in [0.3, 0.4) is 0 Å². The van der Waals surface area contributed by atoms with Crippen molar-refractivity contribution >= 4 is 62.5 Å². The number of anilines is 3. The van der Waals surface area contributed by atoms with Gasteiger partial charge in [-0.15, -0.1) is 0 Å². The molecule has 1 heterocycles. The second-order valence-electron chi connectivity index (χ2n) is 18.0. The fourth-order valence-corrected chi connectivity index (χ4v) is 15.8. The predicted molar refractivity (Wildman–Crippen MR) is 296 cm³/mol. The zero-order valence-electron chi connectivity index (χ0n) is 38.4. The molecule has 0 atom stereocenters. The van der Waals surface area contributed by atoms with Crippen LogP contribution in [-0.4, -0.2) is 12.6 Å². The number of allylic oxidation sites excluding steroid dienone is 4. The summed E-state index contributed by atoms with van der Waals surface area (Å²) >= 11 is 0. The SMILES string of the molecule is C1=CCCC([Si](c2ccccc2)(c2ccccc2)c2ccc(N(c3ccccc3)c3ccc(-c4cccc(-c5ccc6c(c5)c5ccc(-c7ccccc7)cc5n6-c5ccccc5)c4)cc3)cc2)=C1. The molecule has 12 rings (SSSR count). The highest BCUT2D eigenvalue weighted by Crippen LogP contribution is 2.39. The van der Waals surface area contributed by atoms with Crippen LogP contribution >= 0.6 is 0 Å². The van der Waals surface area contributed by atoms with Crippen LogP contribution in [0.25, 0.3) is 60.9 Å². The molecule has 328 valence electrons. The lowest BCUT2D eigenvalue weighted by molar-refractivity contribution is 1.01. The third-order valence-corrected chi connectivity index (χ3v) is 19.0. The van der Waals surface area contributed by atoms with Crippen molar-refractivity contribution in [3.05, 3.63) is 284 Å². The molecule has 10 aromatic carbocycles. The number of rotatable bonds is 11. The Morgan fingerprint density at radius 2 is 0.826 bits per heavy atom. The third-order valence-electron chi connectivity index (χ3n) is 14.0. The first-order valence-corrected chi connectivity index (χ1v) is 26.1. The summed E-state index contributed by atoms with van der Waals surface area (Å²) in [5.41, 5.74) is 14.1. The molecule has 0 fully saturated rings. The van der Waals surface area contributed by atoms with Gasteiger partial charge in [0, 0.05) is 33.5 Å². The van der Waals surface area contributed by atoms with Gasteiger partial charge in [0.05, 0.1) is 11.0 Å². The summed E-state index contributed by atoms with van der Waals surface area (Å²) in [4.78, 5) is 2.38. The lowest BCUT2D eigenvalue weighted by Gasteiger charge is -2.37. The molecule has 0 aliphatic heterocycles. The van der Waals surface area contributed by atoms with Crippen LogP contribution < -0.4 is 20.5 Å². The molecule has 1 aliphatic carbocycles. The molecule has 0 unspecified atom stereocenters. The van der Waals surface area contributed by atoms with Crippen molar-refractivity contribution < 1.29 is 0 Å². The Morgan fingerprint density at radius 3 is 1.46 bits per heavy atom. The van der Waals surface area contributed by atoms with Crippen molar-refractivity contribution in [2.75, 3.05) is 4.90 Å². The van der Waals surface area contributed by atoms with E-state index in [0.717, 1.165) is 35.6 Å². The Bertz CT molecular complexity index is 3580. The molecule has 11 aromatic rings. The van der Waals surface area contributed by atoms with Crippen molar-refractivity contribution in [3.63, 3.8) is 0 Å². The number of para-hydroxylation sites is 2. The highest BCUT2D eigenvalue weighted by Gasteiger charge is 2.42. The largest absolute Gasteiger partial charge is 0.311 e. The molecule has 69 heavy (non-hydrogen) atoms. The summed E-state index contributed by atoms with van der Waals surface area (Å²) in [6.07, 6.45) is 9.10. The maximum Gasteiger partial charge on any atom is 0.175 e. The summed E-state index contributed by atoms with van der Waals surface area (Å²) in [5, 5.41) is 8.26. The van der Waals surface area contributed by atoms with Gasteiger partial charge in [0.25, 0.3) is 0 Å². The molecule has 1 aliphatic rings. The normalized spacial score (nSPS) is 12.6. The van der Waals surface area contributed by atoms with Gasteiger partial charge in [-0.3, -0.25) is 0 Å². The molecule has 3 heteroatoms. The van der Waals surface area contributed by atoms with Gasteiger partial charge in [-0.1, -0.05) is 211 Å². The minimum atomic E-state index is -2.58. The van der Waals surface area contributed by atoms with Crippen molar-refractivity contribution in [2.45, 2.75) is 12.8 Å². The predicted octanol–water partition coefficient (Wildman–Crippen LogP) is 15.5. The van der Waals surface area contributed by atoms with E-state index in [1.807, 2.05) is 0 Å². The van der Waals surface area contributed by atoms with Crippen LogP contribution in [0.1, 0.15) is 12.8 Å². The Hall–Kier alpha value is -8.50. The quantitative estimate of drug-likeness (QED) is 0.0928. The van der Waals surface area contributed by atoms with Crippen LogP contribution in [0.15, 0.2) is 284 Å². The number of hydrogen-bond donors (Lipinski definition) is 0. The van der Waals surface area contributed by atoms with Gasteiger partial charge in [-0.05, 0) is 135 Å². The molecule has 0 N–H and O–H groups in total. The summed E-state index contributed by atoms with van der Waals surface area (Å²) in [7, 11) is -2.58. The van der Waals surface area contributed by atoms with E-state index in [0.29, 0.717) is 0 Å². The van der Waals surface area contributed by atoms with E-state index < -0.39 is 8.07 Å². The van der Waals surface area contributed by atoms with Crippen molar-refractivity contribution in [2.24, 2.45) is 0 Å². The molecule has 1 aromatic heterocycles. The maximum absolute atomic E-state index is 2.58. The first-order chi connectivity index (χ1) is 34.2. The van der Waals surface area contributed by atoms with Gasteiger partial charge >= 0.3 is 0 Å². The van der Waals surface area contributed by atoms with Gasteiger partial charge in [0.1, 0.15) is 0 Å². The first kappa shape index (κ1) is 41.9. The zero-order chi connectivity index (χ0) is 46.0. The summed E-state index contributed by atoms with van der Waals surface area (Å²) < 4.78 is 2.41. The van der Waals surface area contributed by atoms with Crippen molar-refractivity contribution in [3.8, 4) is 39.1 Å². The second kappa shape index (κ2) is 18.3. The van der Waals surface area contributed by atoms with Gasteiger partial charge in [-0.25, -0.2) is 0 Å². The molecule has 0 saturated carbocycles. The number of aromatic nitrogens is 1. The second-order valence-corrected chi connectivity index (χ2v) is 21.9. The Kier molecular flexibility index (Phi) is 11.1. The molecule has 0 spiro atoms. The Labute approximate surface area is 406 Å². The molecular formula is C66H50N2Si. The van der Waals surface area contributed by atoms with Crippen LogP contribution in [-0.2, 0) is 0 Å². The lowest BCUT2D eigenvalue weighted by atomic mass is 9.97. The highest BCUT2D eigenvalue weighted by molar-refractivity contribution is 7.16. The van der Waals surface area contributed by atoms with Crippen molar-refractivity contribution in [1.82, 2.24) is 4.57 Å². The molecule has 0 bridgehead atoms. The van der Waals surface area contributed by atoms with Gasteiger partial charge < -0.3 is 9.47 Å². The monoisotopic (exact) mass is 898 g/mol. The maximum atomic E-state index is 2.41. The van der Waals surface area contributed by atoms with E-state index in [-0.39, 0.29) is 0 Å². The van der Waals surface area contributed by atoms with Crippen LogP contribution in [0.4, 0.5) is 17.1 Å². The standard InChI is InChI=1S/C66H50N2Si/c1-7-20-49(21-8-1)54-36-44-63-64-47-53(37-45-65(64)68(66(63)48-54)56-26-11-3-12-27-56)52-23-19-22-51(46-52)50-34-38-57(39-35-50)67(55-24-9-2-10-25-55)58-40-42-62(43-41-58)69(59-28-13-4-14-29-59,60-30-15-5-16-31-60)61-32-17-6-18-33-61/h1-17,19-32,34-48H,18,33H2. The Morgan fingerprint density at radius 1 is 0.348 bits per heavy atom. The number of fused-ring (bicyclic) bond motifs is 3. The molecule has 0 saturated heterocycles. The molecule has 0 amide bonds. The highest BCUT2D eigenvalue weighted by atomic mass is 28.3. The first-order valence-electron chi connectivity index (χ1n) is 24.1.